The lowest BCUT2D eigenvalue weighted by Gasteiger charge is -2.04. The number of alkyl carbamates (subject to hydrolysis) is 1. The number of halogens is 3. The summed E-state index contributed by atoms with van der Waals surface area (Å²) < 4.78 is 44.5. The Morgan fingerprint density at radius 3 is 2.48 bits per heavy atom. The molecule has 0 aliphatic carbocycles. The Morgan fingerprint density at radius 1 is 1.04 bits per heavy atom. The van der Waals surface area contributed by atoms with Crippen LogP contribution in [0.3, 0.4) is 0 Å². The summed E-state index contributed by atoms with van der Waals surface area (Å²) in [6.07, 6.45) is -0.719. The number of benzene rings is 2. The average Bonchev–Trinajstić information content (AvgIpc) is 2.57. The zero-order valence-corrected chi connectivity index (χ0v) is 11.9. The van der Waals surface area contributed by atoms with Crippen LogP contribution in [0.1, 0.15) is 11.1 Å². The minimum absolute atomic E-state index is 0.0905. The highest BCUT2D eigenvalue weighted by Gasteiger charge is 2.11. The molecule has 0 aliphatic heterocycles. The SMILES string of the molecule is O=C(NCC#Cc1c(F)ccc(F)c1F)OCc1ccccc1. The molecule has 0 heterocycles. The molecular weight excluding hydrogens is 307 g/mol. The minimum Gasteiger partial charge on any atom is -0.445 e. The first-order valence-corrected chi connectivity index (χ1v) is 6.65. The van der Waals surface area contributed by atoms with Crippen LogP contribution in [0.5, 0.6) is 0 Å². The lowest BCUT2D eigenvalue weighted by atomic mass is 10.2. The van der Waals surface area contributed by atoms with Crippen molar-refractivity contribution >= 4 is 6.09 Å². The summed E-state index contributed by atoms with van der Waals surface area (Å²) in [6.45, 7) is -0.101. The highest BCUT2D eigenvalue weighted by atomic mass is 19.2. The summed E-state index contributed by atoms with van der Waals surface area (Å²) >= 11 is 0. The van der Waals surface area contributed by atoms with Gasteiger partial charge in [-0.1, -0.05) is 42.2 Å². The molecular formula is C17H12F3NO2. The van der Waals surface area contributed by atoms with Crippen molar-refractivity contribution in [3.05, 3.63) is 71.0 Å². The second kappa shape index (κ2) is 7.90. The molecule has 0 fully saturated rings. The van der Waals surface area contributed by atoms with Gasteiger partial charge in [0.15, 0.2) is 11.6 Å². The first kappa shape index (κ1) is 16.4. The molecule has 1 N–H and O–H groups in total. The van der Waals surface area contributed by atoms with E-state index in [1.807, 2.05) is 18.2 Å². The molecule has 23 heavy (non-hydrogen) atoms. The number of carbonyl (C=O) groups is 1. The predicted molar refractivity (Wildman–Crippen MR) is 77.8 cm³/mol. The van der Waals surface area contributed by atoms with Crippen LogP contribution in [0.2, 0.25) is 0 Å². The fourth-order valence-corrected chi connectivity index (χ4v) is 1.66. The molecule has 0 atom stereocenters. The van der Waals surface area contributed by atoms with Crippen LogP contribution in [0.15, 0.2) is 42.5 Å². The maximum Gasteiger partial charge on any atom is 0.408 e. The van der Waals surface area contributed by atoms with Crippen molar-refractivity contribution in [1.29, 1.82) is 0 Å². The smallest absolute Gasteiger partial charge is 0.408 e. The standard InChI is InChI=1S/C17H12F3NO2/c18-14-8-9-15(19)16(20)13(14)7-4-10-21-17(22)23-11-12-5-2-1-3-6-12/h1-3,5-6,8-9H,10-11H2,(H,21,22). The topological polar surface area (TPSA) is 38.3 Å². The van der Waals surface area contributed by atoms with E-state index in [1.165, 1.54) is 0 Å². The lowest BCUT2D eigenvalue weighted by Crippen LogP contribution is -2.24. The maximum absolute atomic E-state index is 13.3. The zero-order chi connectivity index (χ0) is 16.7. The third kappa shape index (κ3) is 4.78. The molecule has 6 heteroatoms. The number of hydrogen-bond acceptors (Lipinski definition) is 2. The van der Waals surface area contributed by atoms with Crippen LogP contribution in [0, 0.1) is 29.3 Å². The molecule has 0 saturated carbocycles. The fraction of sp³-hybridized carbons (Fsp3) is 0.118. The van der Waals surface area contributed by atoms with Gasteiger partial charge in [0.05, 0.1) is 12.1 Å². The summed E-state index contributed by atoms with van der Waals surface area (Å²) in [6, 6.07) is 10.5. The molecule has 2 rings (SSSR count). The van der Waals surface area contributed by atoms with E-state index in [9.17, 15) is 18.0 Å². The Bertz CT molecular complexity index is 752. The van der Waals surface area contributed by atoms with Crippen molar-refractivity contribution in [2.24, 2.45) is 0 Å². The van der Waals surface area contributed by atoms with Crippen molar-refractivity contribution in [2.45, 2.75) is 6.61 Å². The van der Waals surface area contributed by atoms with Gasteiger partial charge in [-0.3, -0.25) is 0 Å². The van der Waals surface area contributed by atoms with Gasteiger partial charge >= 0.3 is 6.09 Å². The van der Waals surface area contributed by atoms with E-state index in [1.54, 1.807) is 12.1 Å². The maximum atomic E-state index is 13.3. The highest BCUT2D eigenvalue weighted by molar-refractivity contribution is 5.67. The fourth-order valence-electron chi connectivity index (χ4n) is 1.66. The van der Waals surface area contributed by atoms with Crippen LogP contribution in [0.25, 0.3) is 0 Å². The van der Waals surface area contributed by atoms with Crippen LogP contribution < -0.4 is 5.32 Å². The Hall–Kier alpha value is -2.94. The first-order valence-electron chi connectivity index (χ1n) is 6.65. The number of rotatable bonds is 3. The van der Waals surface area contributed by atoms with Crippen LogP contribution in [0.4, 0.5) is 18.0 Å². The summed E-state index contributed by atoms with van der Waals surface area (Å²) in [5.74, 6) is 0.956. The van der Waals surface area contributed by atoms with Crippen molar-refractivity contribution in [3.63, 3.8) is 0 Å². The monoisotopic (exact) mass is 319 g/mol. The van der Waals surface area contributed by atoms with Gasteiger partial charge in [0.2, 0.25) is 0 Å². The van der Waals surface area contributed by atoms with Gasteiger partial charge in [0.1, 0.15) is 12.4 Å². The van der Waals surface area contributed by atoms with Gasteiger partial charge in [-0.25, -0.2) is 18.0 Å². The number of ether oxygens (including phenoxy) is 1. The third-order valence-corrected chi connectivity index (χ3v) is 2.79. The molecule has 0 spiro atoms. The Morgan fingerprint density at radius 2 is 1.74 bits per heavy atom. The molecule has 118 valence electrons. The molecule has 0 saturated heterocycles. The quantitative estimate of drug-likeness (QED) is 0.696. The molecule has 2 aromatic carbocycles. The normalized spacial score (nSPS) is 9.70. The summed E-state index contributed by atoms with van der Waals surface area (Å²) in [4.78, 5) is 11.4. The van der Waals surface area contributed by atoms with Crippen molar-refractivity contribution in [2.75, 3.05) is 6.54 Å². The van der Waals surface area contributed by atoms with Crippen LogP contribution in [-0.2, 0) is 11.3 Å². The van der Waals surface area contributed by atoms with E-state index in [0.29, 0.717) is 6.07 Å². The molecule has 2 aromatic rings. The Labute approximate surface area is 131 Å². The largest absolute Gasteiger partial charge is 0.445 e. The zero-order valence-electron chi connectivity index (χ0n) is 11.9. The van der Waals surface area contributed by atoms with Gasteiger partial charge in [0, 0.05) is 0 Å². The van der Waals surface area contributed by atoms with E-state index in [-0.39, 0.29) is 13.2 Å². The van der Waals surface area contributed by atoms with E-state index < -0.39 is 29.1 Å². The highest BCUT2D eigenvalue weighted by Crippen LogP contribution is 2.14. The predicted octanol–water partition coefficient (Wildman–Crippen LogP) is 3.38. The minimum atomic E-state index is -1.36. The number of hydrogen-bond donors (Lipinski definition) is 1. The van der Waals surface area contributed by atoms with E-state index >= 15 is 0 Å². The van der Waals surface area contributed by atoms with Crippen LogP contribution in [-0.4, -0.2) is 12.6 Å². The molecule has 1 amide bonds. The number of nitrogens with one attached hydrogen (secondary N) is 1. The van der Waals surface area contributed by atoms with E-state index in [2.05, 4.69) is 17.2 Å². The third-order valence-electron chi connectivity index (χ3n) is 2.79. The molecule has 0 unspecified atom stereocenters. The number of carbonyl (C=O) groups excluding carboxylic acids is 1. The second-order valence-electron chi connectivity index (χ2n) is 4.44. The Balaban J connectivity index is 1.84. The van der Waals surface area contributed by atoms with Gasteiger partial charge < -0.3 is 10.1 Å². The summed E-state index contributed by atoms with van der Waals surface area (Å²) in [5, 5.41) is 2.30. The van der Waals surface area contributed by atoms with E-state index in [0.717, 1.165) is 11.6 Å². The van der Waals surface area contributed by atoms with Gasteiger partial charge in [0.25, 0.3) is 0 Å². The second-order valence-corrected chi connectivity index (χ2v) is 4.44. The molecule has 0 aliphatic rings. The molecule has 0 bridgehead atoms. The Kier molecular flexibility index (Phi) is 5.64. The number of amides is 1. The van der Waals surface area contributed by atoms with Gasteiger partial charge in [-0.05, 0) is 17.7 Å². The molecule has 3 nitrogen and oxygen atoms in total. The van der Waals surface area contributed by atoms with Crippen molar-refractivity contribution in [3.8, 4) is 11.8 Å². The lowest BCUT2D eigenvalue weighted by molar-refractivity contribution is 0.141. The molecule has 0 aromatic heterocycles. The first-order chi connectivity index (χ1) is 11.1. The van der Waals surface area contributed by atoms with Crippen molar-refractivity contribution in [1.82, 2.24) is 5.32 Å². The average molecular weight is 319 g/mol. The van der Waals surface area contributed by atoms with Crippen molar-refractivity contribution < 1.29 is 22.7 Å². The van der Waals surface area contributed by atoms with Crippen LogP contribution >= 0.6 is 0 Å². The summed E-state index contributed by atoms with van der Waals surface area (Å²) in [5.41, 5.74) is 0.141. The summed E-state index contributed by atoms with van der Waals surface area (Å²) in [7, 11) is 0. The molecule has 0 radical (unpaired) electrons. The van der Waals surface area contributed by atoms with Gasteiger partial charge in [-0.15, -0.1) is 0 Å². The van der Waals surface area contributed by atoms with Gasteiger partial charge in [-0.2, -0.15) is 0 Å². The van der Waals surface area contributed by atoms with E-state index in [4.69, 9.17) is 4.74 Å².